The van der Waals surface area contributed by atoms with E-state index < -0.39 is 12.0 Å². The molecule has 4 rings (SSSR count). The van der Waals surface area contributed by atoms with Gasteiger partial charge in [-0.15, -0.1) is 11.3 Å². The third kappa shape index (κ3) is 8.90. The SMILES string of the molecule is CCOC(=O)CN(CCc1ccc(Cl)cc1)C(=O)CC1C(=O)N(CCc2ccccc2)CC(=O)N1CCc1cccs1. The van der Waals surface area contributed by atoms with Gasteiger partial charge in [-0.3, -0.25) is 19.2 Å². The summed E-state index contributed by atoms with van der Waals surface area (Å²) in [5, 5.41) is 2.58. The Hall–Kier alpha value is -3.69. The monoisotopic (exact) mass is 609 g/mol. The van der Waals surface area contributed by atoms with E-state index in [2.05, 4.69) is 0 Å². The van der Waals surface area contributed by atoms with Crippen molar-refractivity contribution in [1.29, 1.82) is 0 Å². The fourth-order valence-corrected chi connectivity index (χ4v) is 5.80. The van der Waals surface area contributed by atoms with Gasteiger partial charge in [0.2, 0.25) is 17.7 Å². The zero-order valence-electron chi connectivity index (χ0n) is 23.7. The predicted molar refractivity (Wildman–Crippen MR) is 163 cm³/mol. The number of thiophene rings is 1. The zero-order chi connectivity index (χ0) is 29.9. The summed E-state index contributed by atoms with van der Waals surface area (Å²) in [6.07, 6.45) is 1.47. The van der Waals surface area contributed by atoms with Crippen LogP contribution in [-0.4, -0.2) is 83.8 Å². The van der Waals surface area contributed by atoms with Crippen molar-refractivity contribution in [2.24, 2.45) is 0 Å². The molecule has 0 aliphatic carbocycles. The molecule has 1 unspecified atom stereocenters. The molecule has 2 heterocycles. The molecule has 1 saturated heterocycles. The van der Waals surface area contributed by atoms with E-state index in [9.17, 15) is 19.2 Å². The van der Waals surface area contributed by atoms with Crippen LogP contribution in [0.1, 0.15) is 29.3 Å². The molecule has 0 radical (unpaired) electrons. The van der Waals surface area contributed by atoms with Gasteiger partial charge in [-0.2, -0.15) is 0 Å². The molecule has 0 spiro atoms. The molecule has 10 heteroatoms. The van der Waals surface area contributed by atoms with E-state index >= 15 is 0 Å². The number of halogens is 1. The summed E-state index contributed by atoms with van der Waals surface area (Å²) in [6.45, 7) is 2.60. The molecule has 1 fully saturated rings. The second kappa shape index (κ2) is 15.5. The second-order valence-electron chi connectivity index (χ2n) is 10.1. The molecule has 8 nitrogen and oxygen atoms in total. The van der Waals surface area contributed by atoms with Gasteiger partial charge in [0, 0.05) is 29.5 Å². The number of benzene rings is 2. The van der Waals surface area contributed by atoms with Crippen molar-refractivity contribution in [3.05, 3.63) is 93.1 Å². The van der Waals surface area contributed by atoms with E-state index in [-0.39, 0.29) is 50.4 Å². The summed E-state index contributed by atoms with van der Waals surface area (Å²) in [7, 11) is 0. The Bertz CT molecular complexity index is 1330. The van der Waals surface area contributed by atoms with Crippen LogP contribution in [0.3, 0.4) is 0 Å². The topological polar surface area (TPSA) is 87.2 Å². The van der Waals surface area contributed by atoms with Crippen molar-refractivity contribution >= 4 is 46.6 Å². The van der Waals surface area contributed by atoms with Crippen LogP contribution in [0.4, 0.5) is 0 Å². The molecule has 1 atom stereocenters. The summed E-state index contributed by atoms with van der Waals surface area (Å²) in [5.41, 5.74) is 2.02. The largest absolute Gasteiger partial charge is 0.465 e. The van der Waals surface area contributed by atoms with E-state index in [0.29, 0.717) is 37.4 Å². The van der Waals surface area contributed by atoms with Gasteiger partial charge in [0.05, 0.1) is 19.6 Å². The van der Waals surface area contributed by atoms with Gasteiger partial charge in [0.1, 0.15) is 12.6 Å². The number of carbonyl (C=O) groups is 4. The van der Waals surface area contributed by atoms with E-state index in [1.807, 2.05) is 60.0 Å². The van der Waals surface area contributed by atoms with E-state index in [1.54, 1.807) is 40.2 Å². The summed E-state index contributed by atoms with van der Waals surface area (Å²) in [6, 6.07) is 20.1. The lowest BCUT2D eigenvalue weighted by Gasteiger charge is -2.40. The van der Waals surface area contributed by atoms with Crippen molar-refractivity contribution < 1.29 is 23.9 Å². The zero-order valence-corrected chi connectivity index (χ0v) is 25.3. The van der Waals surface area contributed by atoms with Gasteiger partial charge >= 0.3 is 5.97 Å². The van der Waals surface area contributed by atoms with Crippen LogP contribution in [0.2, 0.25) is 5.02 Å². The number of carbonyl (C=O) groups excluding carboxylic acids is 4. The number of nitrogens with zero attached hydrogens (tertiary/aromatic N) is 3. The minimum Gasteiger partial charge on any atom is -0.465 e. The Morgan fingerprint density at radius 1 is 0.952 bits per heavy atom. The smallest absolute Gasteiger partial charge is 0.325 e. The number of hydrogen-bond acceptors (Lipinski definition) is 6. The van der Waals surface area contributed by atoms with E-state index in [0.717, 1.165) is 16.0 Å². The average Bonchev–Trinajstić information content (AvgIpc) is 3.51. The molecule has 222 valence electrons. The van der Waals surface area contributed by atoms with Gasteiger partial charge in [-0.1, -0.05) is 60.1 Å². The number of rotatable bonds is 14. The lowest BCUT2D eigenvalue weighted by molar-refractivity contribution is -0.158. The third-order valence-corrected chi connectivity index (χ3v) is 8.43. The Morgan fingerprint density at radius 3 is 2.38 bits per heavy atom. The Morgan fingerprint density at radius 2 is 1.69 bits per heavy atom. The fourth-order valence-electron chi connectivity index (χ4n) is 4.98. The normalized spacial score (nSPS) is 15.1. The summed E-state index contributed by atoms with van der Waals surface area (Å²) < 4.78 is 5.12. The van der Waals surface area contributed by atoms with Gasteiger partial charge < -0.3 is 19.4 Å². The lowest BCUT2D eigenvalue weighted by atomic mass is 10.0. The van der Waals surface area contributed by atoms with Crippen LogP contribution < -0.4 is 0 Å². The maximum absolute atomic E-state index is 13.8. The average molecular weight is 610 g/mol. The van der Waals surface area contributed by atoms with Crippen LogP contribution in [0.15, 0.2) is 72.1 Å². The molecular formula is C32H36ClN3O5S. The maximum atomic E-state index is 13.8. The number of esters is 1. The van der Waals surface area contributed by atoms with Crippen LogP contribution in [0, 0.1) is 0 Å². The Labute approximate surface area is 255 Å². The van der Waals surface area contributed by atoms with Gasteiger partial charge in [0.15, 0.2) is 0 Å². The third-order valence-electron chi connectivity index (χ3n) is 7.24. The van der Waals surface area contributed by atoms with E-state index in [1.165, 1.54) is 4.90 Å². The van der Waals surface area contributed by atoms with Crippen LogP contribution in [-0.2, 0) is 43.2 Å². The highest BCUT2D eigenvalue weighted by atomic mass is 35.5. The Balaban J connectivity index is 1.51. The first-order valence-corrected chi connectivity index (χ1v) is 15.4. The molecule has 2 aromatic carbocycles. The number of hydrogen-bond donors (Lipinski definition) is 0. The summed E-state index contributed by atoms with van der Waals surface area (Å²) in [5.74, 6) is -1.34. The van der Waals surface area contributed by atoms with E-state index in [4.69, 9.17) is 16.3 Å². The molecule has 42 heavy (non-hydrogen) atoms. The standard InChI is InChI=1S/C32H36ClN3O5S/c1-2-41-31(39)23-34(17-14-25-10-12-26(33)13-11-25)29(37)21-28-32(40)35(18-15-24-7-4-3-5-8-24)22-30(38)36(28)19-16-27-9-6-20-42-27/h3-13,20,28H,2,14-19,21-23H2,1H3. The minimum absolute atomic E-state index is 0.0239. The van der Waals surface area contributed by atoms with Crippen molar-refractivity contribution in [2.75, 3.05) is 39.3 Å². The molecule has 1 aromatic heterocycles. The van der Waals surface area contributed by atoms with Crippen LogP contribution in [0.25, 0.3) is 0 Å². The highest BCUT2D eigenvalue weighted by molar-refractivity contribution is 7.09. The molecule has 0 bridgehead atoms. The first-order valence-electron chi connectivity index (χ1n) is 14.2. The lowest BCUT2D eigenvalue weighted by Crippen LogP contribution is -2.61. The molecule has 1 aliphatic heterocycles. The Kier molecular flexibility index (Phi) is 11.5. The van der Waals surface area contributed by atoms with Crippen LogP contribution >= 0.6 is 22.9 Å². The fraction of sp³-hybridized carbons (Fsp3) is 0.375. The van der Waals surface area contributed by atoms with Crippen molar-refractivity contribution in [1.82, 2.24) is 14.7 Å². The molecular weight excluding hydrogens is 574 g/mol. The molecule has 3 aromatic rings. The van der Waals surface area contributed by atoms with Crippen molar-refractivity contribution in [2.45, 2.75) is 38.6 Å². The molecule has 1 aliphatic rings. The predicted octanol–water partition coefficient (Wildman–Crippen LogP) is 4.25. The minimum atomic E-state index is -0.949. The number of amides is 3. The number of piperazine rings is 1. The molecule has 3 amide bonds. The number of ether oxygens (including phenoxy) is 1. The molecule has 0 N–H and O–H groups in total. The van der Waals surface area contributed by atoms with Crippen molar-refractivity contribution in [3.63, 3.8) is 0 Å². The highest BCUT2D eigenvalue weighted by Crippen LogP contribution is 2.20. The van der Waals surface area contributed by atoms with Gasteiger partial charge in [-0.25, -0.2) is 0 Å². The maximum Gasteiger partial charge on any atom is 0.325 e. The van der Waals surface area contributed by atoms with Gasteiger partial charge in [-0.05, 0) is 60.9 Å². The highest BCUT2D eigenvalue weighted by Gasteiger charge is 2.41. The van der Waals surface area contributed by atoms with Gasteiger partial charge in [0.25, 0.3) is 0 Å². The van der Waals surface area contributed by atoms with Crippen LogP contribution in [0.5, 0.6) is 0 Å². The first kappa shape index (κ1) is 31.3. The summed E-state index contributed by atoms with van der Waals surface area (Å²) in [4.78, 5) is 59.0. The second-order valence-corrected chi connectivity index (χ2v) is 11.6. The molecule has 0 saturated carbocycles. The van der Waals surface area contributed by atoms with Crippen molar-refractivity contribution in [3.8, 4) is 0 Å². The summed E-state index contributed by atoms with van der Waals surface area (Å²) >= 11 is 7.60. The quantitative estimate of drug-likeness (QED) is 0.255. The first-order chi connectivity index (χ1) is 20.3.